The highest BCUT2D eigenvalue weighted by atomic mass is 32.1. The third kappa shape index (κ3) is 1.22. The zero-order chi connectivity index (χ0) is 9.76. The number of aryl methyl sites for hydroxylation is 1. The second-order valence-electron chi connectivity index (χ2n) is 4.49. The smallest absolute Gasteiger partial charge is 0.132 e. The van der Waals surface area contributed by atoms with E-state index in [0.29, 0.717) is 11.3 Å². The summed E-state index contributed by atoms with van der Waals surface area (Å²) in [5.41, 5.74) is 2.21. The molecule has 2 nitrogen and oxygen atoms in total. The Morgan fingerprint density at radius 2 is 1.93 bits per heavy atom. The molecule has 1 aromatic rings. The SMILES string of the molecule is Cc1cnsc1P(=O)(C1CC1)C1CC1. The first-order chi connectivity index (χ1) is 6.73. The number of hydrogen-bond acceptors (Lipinski definition) is 3. The van der Waals surface area contributed by atoms with Crippen molar-refractivity contribution in [2.24, 2.45) is 0 Å². The Bertz CT molecular complexity index is 390. The van der Waals surface area contributed by atoms with Gasteiger partial charge in [0, 0.05) is 17.5 Å². The second-order valence-corrected chi connectivity index (χ2v) is 8.92. The zero-order valence-electron chi connectivity index (χ0n) is 8.27. The van der Waals surface area contributed by atoms with Crippen LogP contribution in [-0.2, 0) is 4.57 Å². The zero-order valence-corrected chi connectivity index (χ0v) is 9.98. The highest BCUT2D eigenvalue weighted by Gasteiger charge is 2.53. The Morgan fingerprint density at radius 1 is 1.36 bits per heavy atom. The van der Waals surface area contributed by atoms with Crippen LogP contribution in [0.5, 0.6) is 0 Å². The molecule has 2 aliphatic carbocycles. The maximum atomic E-state index is 13.0. The third-order valence-corrected chi connectivity index (χ3v) is 9.22. The van der Waals surface area contributed by atoms with Gasteiger partial charge >= 0.3 is 0 Å². The highest BCUT2D eigenvalue weighted by molar-refractivity contribution is 7.78. The molecule has 4 heteroatoms. The molecule has 1 heterocycles. The van der Waals surface area contributed by atoms with Crippen molar-refractivity contribution >= 4 is 23.3 Å². The minimum absolute atomic E-state index is 0.522. The van der Waals surface area contributed by atoms with Gasteiger partial charge in [0.2, 0.25) is 0 Å². The Morgan fingerprint density at radius 3 is 2.29 bits per heavy atom. The third-order valence-electron chi connectivity index (χ3n) is 3.22. The maximum Gasteiger partial charge on any atom is 0.132 e. The van der Waals surface area contributed by atoms with Crippen molar-refractivity contribution in [2.75, 3.05) is 0 Å². The van der Waals surface area contributed by atoms with E-state index in [4.69, 9.17) is 0 Å². The molecule has 0 atom stereocenters. The molecule has 1 aromatic heterocycles. The molecule has 0 aromatic carbocycles. The predicted molar refractivity (Wildman–Crippen MR) is 60.1 cm³/mol. The molecular formula is C10H14NOPS. The molecule has 0 N–H and O–H groups in total. The van der Waals surface area contributed by atoms with E-state index >= 15 is 0 Å². The highest BCUT2D eigenvalue weighted by Crippen LogP contribution is 2.70. The molecule has 0 amide bonds. The average Bonchev–Trinajstić information content (AvgIpc) is 3.00. The van der Waals surface area contributed by atoms with Crippen LogP contribution in [0.25, 0.3) is 0 Å². The van der Waals surface area contributed by atoms with Crippen molar-refractivity contribution in [1.82, 2.24) is 4.37 Å². The average molecular weight is 227 g/mol. The largest absolute Gasteiger partial charge is 0.317 e. The quantitative estimate of drug-likeness (QED) is 0.743. The van der Waals surface area contributed by atoms with Crippen LogP contribution in [0.4, 0.5) is 0 Å². The molecule has 2 aliphatic rings. The molecular weight excluding hydrogens is 213 g/mol. The summed E-state index contributed by atoms with van der Waals surface area (Å²) in [6.45, 7) is 2.05. The van der Waals surface area contributed by atoms with Gasteiger partial charge in [-0.2, -0.15) is 0 Å². The first-order valence-corrected chi connectivity index (χ1v) is 7.86. The summed E-state index contributed by atoms with van der Waals surface area (Å²) in [6.07, 6.45) is 6.61. The van der Waals surface area contributed by atoms with Gasteiger partial charge in [0.15, 0.2) is 0 Å². The number of nitrogens with zero attached hydrogens (tertiary/aromatic N) is 1. The van der Waals surface area contributed by atoms with Crippen molar-refractivity contribution in [3.05, 3.63) is 11.8 Å². The summed E-state index contributed by atoms with van der Waals surface area (Å²) < 4.78 is 18.3. The van der Waals surface area contributed by atoms with Crippen LogP contribution in [0.15, 0.2) is 6.20 Å². The molecule has 3 rings (SSSR count). The van der Waals surface area contributed by atoms with E-state index in [0.717, 1.165) is 10.2 Å². The second kappa shape index (κ2) is 2.93. The van der Waals surface area contributed by atoms with E-state index in [1.165, 1.54) is 37.2 Å². The van der Waals surface area contributed by atoms with Crippen molar-refractivity contribution < 1.29 is 4.57 Å². The minimum Gasteiger partial charge on any atom is -0.317 e. The fourth-order valence-corrected chi connectivity index (χ4v) is 7.92. The standard InChI is InChI=1S/C10H14NOPS/c1-7-6-11-14-10(7)13(12,8-2-3-8)9-4-5-9/h6,8-9H,2-5H2,1H3. The fraction of sp³-hybridized carbons (Fsp3) is 0.700. The molecule has 14 heavy (non-hydrogen) atoms. The van der Waals surface area contributed by atoms with Gasteiger partial charge in [-0.05, 0) is 49.7 Å². The molecule has 0 bridgehead atoms. The molecule has 0 radical (unpaired) electrons. The van der Waals surface area contributed by atoms with E-state index in [9.17, 15) is 4.57 Å². The van der Waals surface area contributed by atoms with Gasteiger partial charge in [0.05, 0.1) is 4.62 Å². The van der Waals surface area contributed by atoms with Gasteiger partial charge in [-0.15, -0.1) is 0 Å². The lowest BCUT2D eigenvalue weighted by Crippen LogP contribution is -2.10. The molecule has 0 spiro atoms. The monoisotopic (exact) mass is 227 g/mol. The molecule has 0 saturated heterocycles. The lowest BCUT2D eigenvalue weighted by molar-refractivity contribution is 0.579. The van der Waals surface area contributed by atoms with Gasteiger partial charge in [0.25, 0.3) is 0 Å². The van der Waals surface area contributed by atoms with Crippen LogP contribution in [0.3, 0.4) is 0 Å². The number of hydrogen-bond donors (Lipinski definition) is 0. The topological polar surface area (TPSA) is 30.0 Å². The molecule has 76 valence electrons. The Hall–Kier alpha value is -0.140. The van der Waals surface area contributed by atoms with Crippen LogP contribution < -0.4 is 4.62 Å². The first kappa shape index (κ1) is 9.11. The Labute approximate surface area is 88.3 Å². The number of aromatic nitrogens is 1. The van der Waals surface area contributed by atoms with Crippen molar-refractivity contribution in [3.63, 3.8) is 0 Å². The lowest BCUT2D eigenvalue weighted by Gasteiger charge is -2.15. The summed E-state index contributed by atoms with van der Waals surface area (Å²) in [4.78, 5) is 0. The summed E-state index contributed by atoms with van der Waals surface area (Å²) in [5, 5.41) is 0. The van der Waals surface area contributed by atoms with Crippen LogP contribution in [0.2, 0.25) is 0 Å². The number of rotatable bonds is 3. The maximum absolute atomic E-state index is 13.0. The predicted octanol–water partition coefficient (Wildman–Crippen LogP) is 2.76. The molecule has 2 saturated carbocycles. The van der Waals surface area contributed by atoms with Crippen molar-refractivity contribution in [2.45, 2.75) is 43.9 Å². The van der Waals surface area contributed by atoms with Crippen LogP contribution in [0, 0.1) is 6.92 Å². The Kier molecular flexibility index (Phi) is 1.91. The van der Waals surface area contributed by atoms with E-state index < -0.39 is 7.14 Å². The van der Waals surface area contributed by atoms with Crippen LogP contribution >= 0.6 is 18.7 Å². The van der Waals surface area contributed by atoms with Gasteiger partial charge < -0.3 is 4.57 Å². The van der Waals surface area contributed by atoms with E-state index in [1.54, 1.807) is 0 Å². The summed E-state index contributed by atoms with van der Waals surface area (Å²) >= 11 is 1.48. The van der Waals surface area contributed by atoms with Gasteiger partial charge in [-0.25, -0.2) is 4.37 Å². The van der Waals surface area contributed by atoms with Crippen LogP contribution in [-0.4, -0.2) is 15.7 Å². The first-order valence-electron chi connectivity index (χ1n) is 5.24. The summed E-state index contributed by atoms with van der Waals surface area (Å²) in [5.74, 6) is 0. The van der Waals surface area contributed by atoms with Crippen LogP contribution in [0.1, 0.15) is 31.2 Å². The fourth-order valence-electron chi connectivity index (χ4n) is 2.17. The summed E-state index contributed by atoms with van der Waals surface area (Å²) in [6, 6.07) is 0. The summed E-state index contributed by atoms with van der Waals surface area (Å²) in [7, 11) is -2.03. The van der Waals surface area contributed by atoms with E-state index in [2.05, 4.69) is 11.3 Å². The van der Waals surface area contributed by atoms with Gasteiger partial charge in [0.1, 0.15) is 7.14 Å². The molecule has 0 aliphatic heterocycles. The minimum atomic E-state index is -2.03. The molecule has 2 fully saturated rings. The van der Waals surface area contributed by atoms with E-state index in [-0.39, 0.29) is 0 Å². The molecule has 0 unspecified atom stereocenters. The lowest BCUT2D eigenvalue weighted by atomic mass is 10.4. The van der Waals surface area contributed by atoms with Gasteiger partial charge in [-0.1, -0.05) is 0 Å². The van der Waals surface area contributed by atoms with E-state index in [1.807, 2.05) is 6.20 Å². The normalized spacial score (nSPS) is 22.6. The Balaban J connectivity index is 2.07. The van der Waals surface area contributed by atoms with Crippen molar-refractivity contribution in [3.8, 4) is 0 Å². The van der Waals surface area contributed by atoms with Crippen molar-refractivity contribution in [1.29, 1.82) is 0 Å². The van der Waals surface area contributed by atoms with Gasteiger partial charge in [-0.3, -0.25) is 0 Å².